The summed E-state index contributed by atoms with van der Waals surface area (Å²) in [7, 11) is 0. The smallest absolute Gasteiger partial charge is 0.0210 e. The van der Waals surface area contributed by atoms with Gasteiger partial charge in [0, 0.05) is 16.9 Å². The van der Waals surface area contributed by atoms with Gasteiger partial charge in [0.2, 0.25) is 0 Å². The fourth-order valence-corrected chi connectivity index (χ4v) is 5.20. The molecule has 1 aromatic rings. The molecule has 2 fully saturated rings. The fraction of sp³-hybridized carbons (Fsp3) is 0.647. The van der Waals surface area contributed by atoms with E-state index in [-0.39, 0.29) is 0 Å². The zero-order valence-corrected chi connectivity index (χ0v) is 13.6. The second-order valence-electron chi connectivity index (χ2n) is 6.92. The van der Waals surface area contributed by atoms with Crippen LogP contribution in [0.3, 0.4) is 0 Å². The molecule has 0 radical (unpaired) electrons. The van der Waals surface area contributed by atoms with Crippen molar-refractivity contribution >= 4 is 15.9 Å². The van der Waals surface area contributed by atoms with E-state index >= 15 is 0 Å². The Balaban J connectivity index is 2.05. The van der Waals surface area contributed by atoms with Crippen LogP contribution in [0.5, 0.6) is 0 Å². The number of hydrogen-bond acceptors (Lipinski definition) is 1. The lowest BCUT2D eigenvalue weighted by atomic mass is 9.56. The first kappa shape index (κ1) is 13.6. The summed E-state index contributed by atoms with van der Waals surface area (Å²) in [4.78, 5) is 0. The number of piperidine rings is 1. The standard InChI is InChI=1S/C17H24BrN/c1-16(2)8-5-9-17(16)10-11-19-12-14(17)13-6-3-4-7-15(13)18/h3-4,6-7,14,19H,5,8-12H2,1-2H3. The van der Waals surface area contributed by atoms with Gasteiger partial charge in [0.15, 0.2) is 0 Å². The molecule has 2 atom stereocenters. The molecule has 3 rings (SSSR count). The maximum absolute atomic E-state index is 3.77. The Hall–Kier alpha value is -0.340. The molecular formula is C17H24BrN. The van der Waals surface area contributed by atoms with Gasteiger partial charge in [-0.15, -0.1) is 0 Å². The van der Waals surface area contributed by atoms with Crippen LogP contribution >= 0.6 is 15.9 Å². The van der Waals surface area contributed by atoms with Crippen LogP contribution in [0.15, 0.2) is 28.7 Å². The number of nitrogens with one attached hydrogen (secondary N) is 1. The Morgan fingerprint density at radius 1 is 1.16 bits per heavy atom. The summed E-state index contributed by atoms with van der Waals surface area (Å²) in [5, 5.41) is 3.63. The topological polar surface area (TPSA) is 12.0 Å². The number of halogens is 1. The quantitative estimate of drug-likeness (QED) is 0.789. The highest BCUT2D eigenvalue weighted by molar-refractivity contribution is 9.10. The summed E-state index contributed by atoms with van der Waals surface area (Å²) < 4.78 is 1.28. The zero-order valence-electron chi connectivity index (χ0n) is 12.0. The molecule has 1 saturated carbocycles. The molecule has 0 aromatic heterocycles. The third-order valence-corrected chi connectivity index (χ3v) is 6.54. The van der Waals surface area contributed by atoms with E-state index < -0.39 is 0 Å². The summed E-state index contributed by atoms with van der Waals surface area (Å²) in [5.74, 6) is 0.648. The Morgan fingerprint density at radius 3 is 2.63 bits per heavy atom. The van der Waals surface area contributed by atoms with Crippen LogP contribution < -0.4 is 5.32 Å². The van der Waals surface area contributed by atoms with Gasteiger partial charge in [0.25, 0.3) is 0 Å². The predicted molar refractivity (Wildman–Crippen MR) is 84.4 cm³/mol. The highest BCUT2D eigenvalue weighted by atomic mass is 79.9. The van der Waals surface area contributed by atoms with Gasteiger partial charge in [-0.1, -0.05) is 54.4 Å². The molecule has 1 aromatic carbocycles. The monoisotopic (exact) mass is 321 g/mol. The summed E-state index contributed by atoms with van der Waals surface area (Å²) in [5.41, 5.74) is 2.46. The molecule has 2 heteroatoms. The van der Waals surface area contributed by atoms with Crippen LogP contribution in [0.25, 0.3) is 0 Å². The Kier molecular flexibility index (Phi) is 3.51. The molecule has 0 bridgehead atoms. The molecule has 1 aliphatic carbocycles. The van der Waals surface area contributed by atoms with Crippen LogP contribution in [0.4, 0.5) is 0 Å². The summed E-state index contributed by atoms with van der Waals surface area (Å²) in [6.45, 7) is 7.31. The molecule has 2 aliphatic rings. The van der Waals surface area contributed by atoms with Crippen LogP contribution in [0.1, 0.15) is 51.0 Å². The van der Waals surface area contributed by atoms with E-state index in [4.69, 9.17) is 0 Å². The van der Waals surface area contributed by atoms with Crippen molar-refractivity contribution in [2.24, 2.45) is 10.8 Å². The minimum absolute atomic E-state index is 0.467. The maximum atomic E-state index is 3.77. The molecule has 1 aliphatic heterocycles. The first-order valence-electron chi connectivity index (χ1n) is 7.52. The summed E-state index contributed by atoms with van der Waals surface area (Å²) in [6.07, 6.45) is 5.50. The predicted octanol–water partition coefficient (Wildman–Crippen LogP) is 4.72. The van der Waals surface area contributed by atoms with E-state index in [1.807, 2.05) is 0 Å². The average Bonchev–Trinajstić information content (AvgIpc) is 2.67. The average molecular weight is 322 g/mol. The van der Waals surface area contributed by atoms with Gasteiger partial charge in [-0.05, 0) is 48.3 Å². The van der Waals surface area contributed by atoms with Gasteiger partial charge in [0.1, 0.15) is 0 Å². The third kappa shape index (κ3) is 2.08. The lowest BCUT2D eigenvalue weighted by molar-refractivity contribution is 0.0416. The van der Waals surface area contributed by atoms with Crippen LogP contribution in [-0.4, -0.2) is 13.1 Å². The van der Waals surface area contributed by atoms with Crippen molar-refractivity contribution in [2.75, 3.05) is 13.1 Å². The molecule has 0 amide bonds. The highest BCUT2D eigenvalue weighted by Gasteiger charge is 2.54. The minimum Gasteiger partial charge on any atom is -0.316 e. The molecule has 104 valence electrons. The lowest BCUT2D eigenvalue weighted by Gasteiger charge is -2.51. The minimum atomic E-state index is 0.467. The summed E-state index contributed by atoms with van der Waals surface area (Å²) >= 11 is 3.77. The van der Waals surface area contributed by atoms with Gasteiger partial charge in [-0.25, -0.2) is 0 Å². The molecule has 2 unspecified atom stereocenters. The largest absolute Gasteiger partial charge is 0.316 e. The van der Waals surface area contributed by atoms with Gasteiger partial charge in [-0.3, -0.25) is 0 Å². The third-order valence-electron chi connectivity index (χ3n) is 5.82. The van der Waals surface area contributed by atoms with Crippen LogP contribution in [0, 0.1) is 10.8 Å². The first-order chi connectivity index (χ1) is 9.07. The first-order valence-corrected chi connectivity index (χ1v) is 8.31. The molecular weight excluding hydrogens is 298 g/mol. The van der Waals surface area contributed by atoms with Crippen molar-refractivity contribution in [2.45, 2.75) is 45.4 Å². The molecule has 1 nitrogen and oxygen atoms in total. The fourth-order valence-electron chi connectivity index (χ4n) is 4.64. The van der Waals surface area contributed by atoms with E-state index in [9.17, 15) is 0 Å². The zero-order chi connectivity index (χ0) is 13.5. The van der Waals surface area contributed by atoms with Gasteiger partial charge < -0.3 is 5.32 Å². The van der Waals surface area contributed by atoms with Crippen molar-refractivity contribution in [3.8, 4) is 0 Å². The Bertz CT molecular complexity index is 468. The Morgan fingerprint density at radius 2 is 1.95 bits per heavy atom. The summed E-state index contributed by atoms with van der Waals surface area (Å²) in [6, 6.07) is 8.82. The van der Waals surface area contributed by atoms with Crippen molar-refractivity contribution in [1.29, 1.82) is 0 Å². The number of hydrogen-bond donors (Lipinski definition) is 1. The second-order valence-corrected chi connectivity index (χ2v) is 7.78. The van der Waals surface area contributed by atoms with E-state index in [1.165, 1.54) is 42.3 Å². The number of benzene rings is 1. The van der Waals surface area contributed by atoms with Crippen LogP contribution in [-0.2, 0) is 0 Å². The molecule has 1 spiro atoms. The molecule has 1 saturated heterocycles. The van der Waals surface area contributed by atoms with Crippen molar-refractivity contribution in [3.05, 3.63) is 34.3 Å². The lowest BCUT2D eigenvalue weighted by Crippen LogP contribution is -2.49. The Labute approximate surface area is 125 Å². The maximum Gasteiger partial charge on any atom is 0.0210 e. The molecule has 1 N–H and O–H groups in total. The molecule has 19 heavy (non-hydrogen) atoms. The van der Waals surface area contributed by atoms with Crippen molar-refractivity contribution in [3.63, 3.8) is 0 Å². The van der Waals surface area contributed by atoms with Crippen LogP contribution in [0.2, 0.25) is 0 Å². The van der Waals surface area contributed by atoms with Gasteiger partial charge in [0.05, 0.1) is 0 Å². The van der Waals surface area contributed by atoms with Gasteiger partial charge in [-0.2, -0.15) is 0 Å². The highest BCUT2D eigenvalue weighted by Crippen LogP contribution is 2.62. The van der Waals surface area contributed by atoms with E-state index in [1.54, 1.807) is 0 Å². The SMILES string of the molecule is CC1(C)CCCC12CCNCC2c1ccccc1Br. The van der Waals surface area contributed by atoms with Crippen molar-refractivity contribution in [1.82, 2.24) is 5.32 Å². The normalized spacial score (nSPS) is 33.7. The second kappa shape index (κ2) is 4.89. The van der Waals surface area contributed by atoms with Crippen molar-refractivity contribution < 1.29 is 0 Å². The van der Waals surface area contributed by atoms with E-state index in [2.05, 4.69) is 59.4 Å². The van der Waals surface area contributed by atoms with E-state index in [0.717, 1.165) is 6.54 Å². The van der Waals surface area contributed by atoms with Gasteiger partial charge >= 0.3 is 0 Å². The van der Waals surface area contributed by atoms with E-state index in [0.29, 0.717) is 16.7 Å². The molecule has 1 heterocycles. The number of rotatable bonds is 1.